The molecule has 1 atom stereocenters. The van der Waals surface area contributed by atoms with Crippen LogP contribution in [0.1, 0.15) is 12.5 Å². The van der Waals surface area contributed by atoms with Crippen molar-refractivity contribution in [3.63, 3.8) is 0 Å². The Bertz CT molecular complexity index is 558. The van der Waals surface area contributed by atoms with Gasteiger partial charge in [0, 0.05) is 0 Å². The molecule has 3 heteroatoms. The Balaban J connectivity index is 2.32. The van der Waals surface area contributed by atoms with Crippen LogP contribution in [0.2, 0.25) is 0 Å². The van der Waals surface area contributed by atoms with Gasteiger partial charge in [-0.2, -0.15) is 0 Å². The summed E-state index contributed by atoms with van der Waals surface area (Å²) in [6.45, 7) is 3.41. The third-order valence-electron chi connectivity index (χ3n) is 2.53. The Morgan fingerprint density at radius 1 is 1.18 bits per heavy atom. The van der Waals surface area contributed by atoms with Crippen LogP contribution in [-0.4, -0.2) is 17.2 Å². The lowest BCUT2D eigenvalue weighted by molar-refractivity contribution is -0.142. The van der Waals surface area contributed by atoms with E-state index in [2.05, 4.69) is 6.07 Å². The first-order valence-corrected chi connectivity index (χ1v) is 5.46. The van der Waals surface area contributed by atoms with Crippen LogP contribution in [0, 0.1) is 6.92 Å². The van der Waals surface area contributed by atoms with Crippen molar-refractivity contribution in [2.75, 3.05) is 0 Å². The minimum atomic E-state index is -1.11. The normalized spacial score (nSPS) is 12.4. The Labute approximate surface area is 99.6 Å². The summed E-state index contributed by atoms with van der Waals surface area (Å²) in [6.07, 6.45) is -1.11. The monoisotopic (exact) mass is 230 g/mol. The largest absolute Gasteiger partial charge is 0.425 e. The third-order valence-corrected chi connectivity index (χ3v) is 2.53. The molecule has 1 unspecified atom stereocenters. The van der Waals surface area contributed by atoms with E-state index in [9.17, 15) is 4.79 Å². The molecule has 2 aromatic rings. The summed E-state index contributed by atoms with van der Waals surface area (Å²) in [5.74, 6) is -0.191. The third kappa shape index (κ3) is 2.63. The number of carbonyl (C=O) groups excluding carboxylic acids is 1. The van der Waals surface area contributed by atoms with Gasteiger partial charge < -0.3 is 9.84 Å². The van der Waals surface area contributed by atoms with E-state index in [-0.39, 0.29) is 0 Å². The number of carbonyl (C=O) groups is 1. The standard InChI is InChI=1S/C14H14O3/c1-9-3-4-12-8-13(6-5-11(12)7-9)17-14(16)10(2)15/h3-8,10,15H,1-2H3. The first kappa shape index (κ1) is 11.6. The fourth-order valence-corrected chi connectivity index (χ4v) is 1.61. The molecular weight excluding hydrogens is 216 g/mol. The van der Waals surface area contributed by atoms with E-state index in [1.807, 2.05) is 25.1 Å². The molecule has 0 heterocycles. The highest BCUT2D eigenvalue weighted by atomic mass is 16.5. The van der Waals surface area contributed by atoms with Crippen molar-refractivity contribution in [3.05, 3.63) is 42.0 Å². The molecule has 2 rings (SSSR count). The summed E-state index contributed by atoms with van der Waals surface area (Å²) in [4.78, 5) is 11.2. The van der Waals surface area contributed by atoms with Gasteiger partial charge in [-0.15, -0.1) is 0 Å². The molecule has 0 fully saturated rings. The molecule has 0 aliphatic carbocycles. The number of rotatable bonds is 2. The van der Waals surface area contributed by atoms with Crippen molar-refractivity contribution in [3.8, 4) is 5.75 Å². The zero-order valence-corrected chi connectivity index (χ0v) is 9.81. The van der Waals surface area contributed by atoms with Crippen molar-refractivity contribution in [1.29, 1.82) is 0 Å². The van der Waals surface area contributed by atoms with Crippen LogP contribution < -0.4 is 4.74 Å². The van der Waals surface area contributed by atoms with Crippen LogP contribution >= 0.6 is 0 Å². The molecule has 0 amide bonds. The number of benzene rings is 2. The highest BCUT2D eigenvalue weighted by Gasteiger charge is 2.11. The maximum atomic E-state index is 11.2. The average Bonchev–Trinajstić information content (AvgIpc) is 2.29. The van der Waals surface area contributed by atoms with Gasteiger partial charge in [-0.25, -0.2) is 4.79 Å². The molecule has 0 spiro atoms. The van der Waals surface area contributed by atoms with Gasteiger partial charge in [-0.05, 0) is 36.8 Å². The van der Waals surface area contributed by atoms with Crippen LogP contribution in [0.4, 0.5) is 0 Å². The second-order valence-corrected chi connectivity index (χ2v) is 4.11. The highest BCUT2D eigenvalue weighted by molar-refractivity contribution is 5.85. The zero-order valence-electron chi connectivity index (χ0n) is 9.81. The van der Waals surface area contributed by atoms with Crippen molar-refractivity contribution < 1.29 is 14.6 Å². The van der Waals surface area contributed by atoms with E-state index in [1.165, 1.54) is 12.5 Å². The molecule has 17 heavy (non-hydrogen) atoms. The predicted octanol–water partition coefficient (Wildman–Crippen LogP) is 2.43. The minimum Gasteiger partial charge on any atom is -0.425 e. The van der Waals surface area contributed by atoms with E-state index in [1.54, 1.807) is 12.1 Å². The SMILES string of the molecule is Cc1ccc2cc(OC(=O)C(C)O)ccc2c1. The van der Waals surface area contributed by atoms with Gasteiger partial charge in [0.25, 0.3) is 0 Å². The number of fused-ring (bicyclic) bond motifs is 1. The van der Waals surface area contributed by atoms with Gasteiger partial charge in [0.05, 0.1) is 0 Å². The molecule has 88 valence electrons. The van der Waals surface area contributed by atoms with Gasteiger partial charge in [-0.3, -0.25) is 0 Å². The fraction of sp³-hybridized carbons (Fsp3) is 0.214. The van der Waals surface area contributed by atoms with Crippen molar-refractivity contribution in [2.45, 2.75) is 20.0 Å². The molecule has 0 aliphatic heterocycles. The smallest absolute Gasteiger partial charge is 0.340 e. The van der Waals surface area contributed by atoms with Gasteiger partial charge in [0.2, 0.25) is 0 Å². The van der Waals surface area contributed by atoms with Gasteiger partial charge in [0.1, 0.15) is 11.9 Å². The molecule has 0 radical (unpaired) electrons. The first-order valence-electron chi connectivity index (χ1n) is 5.46. The summed E-state index contributed by atoms with van der Waals surface area (Å²) >= 11 is 0. The summed E-state index contributed by atoms with van der Waals surface area (Å²) in [6, 6.07) is 11.5. The number of aliphatic hydroxyl groups excluding tert-OH is 1. The van der Waals surface area contributed by atoms with E-state index in [4.69, 9.17) is 9.84 Å². The summed E-state index contributed by atoms with van der Waals surface area (Å²) in [7, 11) is 0. The molecule has 1 N–H and O–H groups in total. The second kappa shape index (κ2) is 4.55. The molecule has 0 aromatic heterocycles. The predicted molar refractivity (Wildman–Crippen MR) is 66.0 cm³/mol. The van der Waals surface area contributed by atoms with Crippen LogP contribution in [-0.2, 0) is 4.79 Å². The number of aryl methyl sites for hydroxylation is 1. The number of esters is 1. The Kier molecular flexibility index (Phi) is 3.11. The highest BCUT2D eigenvalue weighted by Crippen LogP contribution is 2.22. The lowest BCUT2D eigenvalue weighted by Gasteiger charge is -2.07. The topological polar surface area (TPSA) is 46.5 Å². The number of ether oxygens (including phenoxy) is 1. The average molecular weight is 230 g/mol. The molecule has 0 saturated carbocycles. The summed E-state index contributed by atoms with van der Waals surface area (Å²) < 4.78 is 5.03. The molecule has 0 aliphatic rings. The molecular formula is C14H14O3. The van der Waals surface area contributed by atoms with Crippen molar-refractivity contribution in [2.24, 2.45) is 0 Å². The van der Waals surface area contributed by atoms with Crippen LogP contribution in [0.25, 0.3) is 10.8 Å². The van der Waals surface area contributed by atoms with Gasteiger partial charge in [-0.1, -0.05) is 29.8 Å². The Morgan fingerprint density at radius 2 is 1.82 bits per heavy atom. The molecule has 0 saturated heterocycles. The quantitative estimate of drug-likeness (QED) is 0.636. The van der Waals surface area contributed by atoms with Crippen LogP contribution in [0.15, 0.2) is 36.4 Å². The first-order chi connectivity index (χ1) is 8.06. The molecule has 0 bridgehead atoms. The Morgan fingerprint density at radius 3 is 2.53 bits per heavy atom. The van der Waals surface area contributed by atoms with Crippen LogP contribution in [0.3, 0.4) is 0 Å². The number of hydrogen-bond acceptors (Lipinski definition) is 3. The second-order valence-electron chi connectivity index (χ2n) is 4.11. The summed E-state index contributed by atoms with van der Waals surface area (Å²) in [5, 5.41) is 11.2. The van der Waals surface area contributed by atoms with E-state index < -0.39 is 12.1 Å². The lowest BCUT2D eigenvalue weighted by atomic mass is 10.1. The van der Waals surface area contributed by atoms with E-state index in [0.717, 1.165) is 10.8 Å². The van der Waals surface area contributed by atoms with E-state index in [0.29, 0.717) is 5.75 Å². The number of hydrogen-bond donors (Lipinski definition) is 1. The van der Waals surface area contributed by atoms with Gasteiger partial charge in [0.15, 0.2) is 0 Å². The van der Waals surface area contributed by atoms with Gasteiger partial charge >= 0.3 is 5.97 Å². The Hall–Kier alpha value is -1.87. The van der Waals surface area contributed by atoms with Crippen molar-refractivity contribution in [1.82, 2.24) is 0 Å². The van der Waals surface area contributed by atoms with Crippen molar-refractivity contribution >= 4 is 16.7 Å². The molecule has 3 nitrogen and oxygen atoms in total. The number of aliphatic hydroxyl groups is 1. The van der Waals surface area contributed by atoms with Crippen LogP contribution in [0.5, 0.6) is 5.75 Å². The minimum absolute atomic E-state index is 0.451. The summed E-state index contributed by atoms with van der Waals surface area (Å²) in [5.41, 5.74) is 1.19. The maximum Gasteiger partial charge on any atom is 0.340 e. The zero-order chi connectivity index (χ0) is 12.4. The molecule has 2 aromatic carbocycles. The fourth-order valence-electron chi connectivity index (χ4n) is 1.61. The lowest BCUT2D eigenvalue weighted by Crippen LogP contribution is -2.22. The maximum absolute atomic E-state index is 11.2. The van der Waals surface area contributed by atoms with E-state index >= 15 is 0 Å².